The van der Waals surface area contributed by atoms with Gasteiger partial charge in [0.05, 0.1) is 29.1 Å². The largest absolute Gasteiger partial charge is 0.394 e. The molecule has 0 aliphatic heterocycles. The second-order valence-electron chi connectivity index (χ2n) is 3.63. The molecule has 0 fully saturated rings. The predicted molar refractivity (Wildman–Crippen MR) is 62.4 cm³/mol. The molecular weight excluding hydrogens is 230 g/mol. The van der Waals surface area contributed by atoms with Gasteiger partial charge in [-0.3, -0.25) is 4.68 Å². The minimum absolute atomic E-state index is 0.243. The zero-order valence-electron chi connectivity index (χ0n) is 9.57. The lowest BCUT2D eigenvalue weighted by molar-refractivity contribution is 0.0940. The van der Waals surface area contributed by atoms with E-state index in [4.69, 9.17) is 21.8 Å². The molecule has 0 aromatic carbocycles. The van der Waals surface area contributed by atoms with Gasteiger partial charge in [-0.05, 0) is 13.8 Å². The molecule has 16 heavy (non-hydrogen) atoms. The van der Waals surface area contributed by atoms with Crippen molar-refractivity contribution >= 4 is 11.6 Å². The van der Waals surface area contributed by atoms with Crippen molar-refractivity contribution in [3.05, 3.63) is 16.4 Å². The number of hydrogen-bond donors (Lipinski definition) is 3. The first kappa shape index (κ1) is 13.4. The molecule has 0 aliphatic carbocycles. The highest BCUT2D eigenvalue weighted by atomic mass is 35.5. The summed E-state index contributed by atoms with van der Waals surface area (Å²) in [6, 6.07) is 0. The number of nitrogens with one attached hydrogen (secondary N) is 1. The van der Waals surface area contributed by atoms with Crippen LogP contribution < -0.4 is 5.32 Å². The van der Waals surface area contributed by atoms with Crippen LogP contribution in [0.2, 0.25) is 5.02 Å². The number of aromatic nitrogens is 2. The average molecular weight is 248 g/mol. The Morgan fingerprint density at radius 3 is 2.81 bits per heavy atom. The van der Waals surface area contributed by atoms with Crippen LogP contribution in [0.3, 0.4) is 0 Å². The fraction of sp³-hybridized carbons (Fsp3) is 0.700. The number of aliphatic hydroxyl groups excluding tert-OH is 2. The van der Waals surface area contributed by atoms with Crippen molar-refractivity contribution < 1.29 is 10.2 Å². The Bertz CT molecular complexity index is 341. The van der Waals surface area contributed by atoms with Gasteiger partial charge in [0, 0.05) is 19.6 Å². The van der Waals surface area contributed by atoms with Crippen molar-refractivity contribution in [2.75, 3.05) is 13.2 Å². The van der Waals surface area contributed by atoms with Gasteiger partial charge in [-0.25, -0.2) is 0 Å². The van der Waals surface area contributed by atoms with Gasteiger partial charge in [-0.2, -0.15) is 5.10 Å². The van der Waals surface area contributed by atoms with Gasteiger partial charge in [0.25, 0.3) is 0 Å². The first-order chi connectivity index (χ1) is 7.60. The van der Waals surface area contributed by atoms with Crippen LogP contribution in [-0.2, 0) is 13.1 Å². The lowest BCUT2D eigenvalue weighted by Gasteiger charge is -2.10. The Labute approximate surface area is 100 Å². The number of halogens is 1. The van der Waals surface area contributed by atoms with Crippen LogP contribution in [0.4, 0.5) is 0 Å². The third-order valence-electron chi connectivity index (χ3n) is 2.34. The summed E-state index contributed by atoms with van der Waals surface area (Å²) >= 11 is 6.11. The number of aliphatic hydroxyl groups is 2. The summed E-state index contributed by atoms with van der Waals surface area (Å²) in [5, 5.41) is 25.8. The fourth-order valence-corrected chi connectivity index (χ4v) is 1.66. The lowest BCUT2D eigenvalue weighted by atomic mass is 10.3. The van der Waals surface area contributed by atoms with Gasteiger partial charge >= 0.3 is 0 Å². The summed E-state index contributed by atoms with van der Waals surface area (Å²) in [6.45, 7) is 5.24. The van der Waals surface area contributed by atoms with Crippen molar-refractivity contribution in [3.8, 4) is 0 Å². The summed E-state index contributed by atoms with van der Waals surface area (Å²) in [7, 11) is 0. The molecule has 0 radical (unpaired) electrons. The van der Waals surface area contributed by atoms with Crippen molar-refractivity contribution in [2.45, 2.75) is 33.0 Å². The first-order valence-corrected chi connectivity index (χ1v) is 5.69. The van der Waals surface area contributed by atoms with Gasteiger partial charge < -0.3 is 15.5 Å². The topological polar surface area (TPSA) is 70.3 Å². The molecule has 1 aromatic heterocycles. The van der Waals surface area contributed by atoms with Crippen LogP contribution in [-0.4, -0.2) is 39.2 Å². The van der Waals surface area contributed by atoms with E-state index in [1.807, 2.05) is 18.5 Å². The second-order valence-corrected chi connectivity index (χ2v) is 4.01. The Balaban J connectivity index is 2.59. The van der Waals surface area contributed by atoms with E-state index in [-0.39, 0.29) is 6.61 Å². The molecule has 1 unspecified atom stereocenters. The molecule has 0 saturated carbocycles. The van der Waals surface area contributed by atoms with Crippen molar-refractivity contribution in [3.63, 3.8) is 0 Å². The summed E-state index contributed by atoms with van der Waals surface area (Å²) in [5.41, 5.74) is 1.72. The summed E-state index contributed by atoms with van der Waals surface area (Å²) in [6.07, 6.45) is -0.738. The van der Waals surface area contributed by atoms with E-state index in [2.05, 4.69) is 10.4 Å². The van der Waals surface area contributed by atoms with Crippen LogP contribution in [0.5, 0.6) is 0 Å². The maximum absolute atomic E-state index is 9.17. The number of hydrogen-bond acceptors (Lipinski definition) is 4. The Morgan fingerprint density at radius 1 is 1.56 bits per heavy atom. The van der Waals surface area contributed by atoms with E-state index in [0.29, 0.717) is 18.1 Å². The Morgan fingerprint density at radius 2 is 2.25 bits per heavy atom. The zero-order valence-corrected chi connectivity index (χ0v) is 10.3. The molecule has 5 nitrogen and oxygen atoms in total. The SMILES string of the molecule is CCn1nc(C)c(Cl)c1CNCC(O)CO. The molecule has 0 amide bonds. The smallest absolute Gasteiger partial charge is 0.0895 e. The Kier molecular flexibility index (Phi) is 5.21. The average Bonchev–Trinajstić information content (AvgIpc) is 2.56. The minimum atomic E-state index is -0.738. The molecule has 0 spiro atoms. The number of aryl methyl sites for hydroxylation is 2. The van der Waals surface area contributed by atoms with Gasteiger partial charge in [0.1, 0.15) is 0 Å². The Hall–Kier alpha value is -0.620. The van der Waals surface area contributed by atoms with Crippen LogP contribution in [0.25, 0.3) is 0 Å². The predicted octanol–water partition coefficient (Wildman–Crippen LogP) is 0.308. The van der Waals surface area contributed by atoms with Crippen LogP contribution in [0.15, 0.2) is 0 Å². The number of nitrogens with zero attached hydrogens (tertiary/aromatic N) is 2. The van der Waals surface area contributed by atoms with E-state index >= 15 is 0 Å². The highest BCUT2D eigenvalue weighted by molar-refractivity contribution is 6.31. The van der Waals surface area contributed by atoms with E-state index in [9.17, 15) is 0 Å². The molecule has 1 heterocycles. The van der Waals surface area contributed by atoms with Gasteiger partial charge in [0.15, 0.2) is 0 Å². The van der Waals surface area contributed by atoms with Crippen molar-refractivity contribution in [1.82, 2.24) is 15.1 Å². The molecule has 6 heteroatoms. The lowest BCUT2D eigenvalue weighted by Crippen LogP contribution is -2.29. The summed E-state index contributed by atoms with van der Waals surface area (Å²) < 4.78 is 1.83. The van der Waals surface area contributed by atoms with E-state index in [1.54, 1.807) is 0 Å². The molecule has 1 aromatic rings. The number of rotatable bonds is 6. The minimum Gasteiger partial charge on any atom is -0.394 e. The van der Waals surface area contributed by atoms with Crippen LogP contribution in [0, 0.1) is 6.92 Å². The monoisotopic (exact) mass is 247 g/mol. The second kappa shape index (κ2) is 6.20. The molecule has 0 aliphatic rings. The molecule has 1 atom stereocenters. The third-order valence-corrected chi connectivity index (χ3v) is 2.83. The normalized spacial score (nSPS) is 13.1. The van der Waals surface area contributed by atoms with Crippen molar-refractivity contribution in [2.24, 2.45) is 0 Å². The summed E-state index contributed by atoms with van der Waals surface area (Å²) in [4.78, 5) is 0. The first-order valence-electron chi connectivity index (χ1n) is 5.31. The highest BCUT2D eigenvalue weighted by Crippen LogP contribution is 2.19. The highest BCUT2D eigenvalue weighted by Gasteiger charge is 2.12. The molecule has 92 valence electrons. The zero-order chi connectivity index (χ0) is 12.1. The van der Waals surface area contributed by atoms with Gasteiger partial charge in [-0.1, -0.05) is 11.6 Å². The maximum Gasteiger partial charge on any atom is 0.0895 e. The molecular formula is C10H18ClN3O2. The van der Waals surface area contributed by atoms with Gasteiger partial charge in [0.2, 0.25) is 0 Å². The fourth-order valence-electron chi connectivity index (χ4n) is 1.46. The quantitative estimate of drug-likeness (QED) is 0.677. The summed E-state index contributed by atoms with van der Waals surface area (Å²) in [5.74, 6) is 0. The molecule has 0 bridgehead atoms. The van der Waals surface area contributed by atoms with E-state index in [1.165, 1.54) is 0 Å². The molecule has 1 rings (SSSR count). The van der Waals surface area contributed by atoms with Crippen LogP contribution in [0.1, 0.15) is 18.3 Å². The standard InChI is InChI=1S/C10H18ClN3O2/c1-3-14-9(10(11)7(2)13-14)5-12-4-8(16)6-15/h8,12,15-16H,3-6H2,1-2H3. The molecule has 0 saturated heterocycles. The van der Waals surface area contributed by atoms with E-state index in [0.717, 1.165) is 17.9 Å². The van der Waals surface area contributed by atoms with E-state index < -0.39 is 6.10 Å². The van der Waals surface area contributed by atoms with Crippen LogP contribution >= 0.6 is 11.6 Å². The van der Waals surface area contributed by atoms with Crippen molar-refractivity contribution in [1.29, 1.82) is 0 Å². The third kappa shape index (κ3) is 3.18. The molecule has 3 N–H and O–H groups in total. The maximum atomic E-state index is 9.17. The van der Waals surface area contributed by atoms with Gasteiger partial charge in [-0.15, -0.1) is 0 Å².